The first-order valence-corrected chi connectivity index (χ1v) is 8.83. The Morgan fingerprint density at radius 2 is 2.00 bits per heavy atom. The van der Waals surface area contributed by atoms with Gasteiger partial charge >= 0.3 is 12.1 Å². The highest BCUT2D eigenvalue weighted by Crippen LogP contribution is 2.29. The monoisotopic (exact) mass is 421 g/mol. The molecule has 1 unspecified atom stereocenters. The third kappa shape index (κ3) is 4.67. The van der Waals surface area contributed by atoms with Gasteiger partial charge in [0.2, 0.25) is 0 Å². The van der Waals surface area contributed by atoms with E-state index < -0.39 is 29.7 Å². The van der Waals surface area contributed by atoms with Crippen LogP contribution in [-0.2, 0) is 17.5 Å². The zero-order valence-electron chi connectivity index (χ0n) is 16.0. The Bertz CT molecular complexity index is 1090. The molecule has 0 bridgehead atoms. The molecular formula is C19H18F3N5O3. The molecule has 8 nitrogen and oxygen atoms in total. The van der Waals surface area contributed by atoms with Crippen LogP contribution >= 0.6 is 0 Å². The SMILES string of the molecule is Cc1cc(NC(=O)c2cnn(C(C)C(=O)O)c2)nn1Cc1cccc(C(F)(F)F)c1. The number of carbonyl (C=O) groups is 2. The van der Waals surface area contributed by atoms with Crippen LogP contribution in [-0.4, -0.2) is 36.5 Å². The quantitative estimate of drug-likeness (QED) is 0.636. The molecule has 2 heterocycles. The number of hydrogen-bond donors (Lipinski definition) is 2. The summed E-state index contributed by atoms with van der Waals surface area (Å²) in [5.74, 6) is -1.42. The van der Waals surface area contributed by atoms with Gasteiger partial charge in [-0.3, -0.25) is 14.2 Å². The molecule has 0 aliphatic carbocycles. The van der Waals surface area contributed by atoms with E-state index in [9.17, 15) is 22.8 Å². The number of carboxylic acid groups (broad SMARTS) is 1. The molecule has 1 amide bonds. The van der Waals surface area contributed by atoms with Crippen molar-refractivity contribution < 1.29 is 27.9 Å². The molecule has 0 aliphatic heterocycles. The predicted molar refractivity (Wildman–Crippen MR) is 100 cm³/mol. The zero-order chi connectivity index (χ0) is 22.1. The molecular weight excluding hydrogens is 403 g/mol. The minimum absolute atomic E-state index is 0.0969. The van der Waals surface area contributed by atoms with Gasteiger partial charge in [-0.05, 0) is 31.5 Å². The van der Waals surface area contributed by atoms with Crippen LogP contribution < -0.4 is 5.32 Å². The van der Waals surface area contributed by atoms with Crippen molar-refractivity contribution in [1.29, 1.82) is 0 Å². The standard InChI is InChI=1S/C19H18F3N5O3/c1-11-6-16(24-17(28)14-8-23-27(10-14)12(2)18(29)30)25-26(11)9-13-4-3-5-15(7-13)19(20,21)22/h3-8,10,12H,9H2,1-2H3,(H,29,30)(H,24,25,28). The Hall–Kier alpha value is -3.63. The maximum Gasteiger partial charge on any atom is 0.416 e. The molecule has 11 heteroatoms. The van der Waals surface area contributed by atoms with Gasteiger partial charge in [-0.1, -0.05) is 12.1 Å². The van der Waals surface area contributed by atoms with E-state index in [0.717, 1.165) is 16.8 Å². The summed E-state index contributed by atoms with van der Waals surface area (Å²) >= 11 is 0. The molecule has 1 aromatic carbocycles. The largest absolute Gasteiger partial charge is 0.480 e. The fourth-order valence-electron chi connectivity index (χ4n) is 2.72. The lowest BCUT2D eigenvalue weighted by Gasteiger charge is -2.09. The molecule has 0 spiro atoms. The van der Waals surface area contributed by atoms with E-state index in [4.69, 9.17) is 5.11 Å². The molecule has 30 heavy (non-hydrogen) atoms. The highest BCUT2D eigenvalue weighted by atomic mass is 19.4. The topological polar surface area (TPSA) is 102 Å². The van der Waals surface area contributed by atoms with Crippen LogP contribution in [0.3, 0.4) is 0 Å². The highest BCUT2D eigenvalue weighted by Gasteiger charge is 2.30. The lowest BCUT2D eigenvalue weighted by Crippen LogP contribution is -2.16. The molecule has 0 fully saturated rings. The molecule has 2 N–H and O–H groups in total. The van der Waals surface area contributed by atoms with Crippen LogP contribution in [0.5, 0.6) is 0 Å². The predicted octanol–water partition coefficient (Wildman–Crippen LogP) is 3.35. The third-order valence-electron chi connectivity index (χ3n) is 4.43. The minimum atomic E-state index is -4.43. The van der Waals surface area contributed by atoms with Crippen molar-refractivity contribution in [3.8, 4) is 0 Å². The first-order valence-electron chi connectivity index (χ1n) is 8.83. The van der Waals surface area contributed by atoms with Gasteiger partial charge in [0.15, 0.2) is 5.82 Å². The summed E-state index contributed by atoms with van der Waals surface area (Å²) in [6.45, 7) is 3.23. The maximum atomic E-state index is 12.9. The first kappa shape index (κ1) is 21.1. The van der Waals surface area contributed by atoms with E-state index in [2.05, 4.69) is 15.5 Å². The lowest BCUT2D eigenvalue weighted by molar-refractivity contribution is -0.140. The zero-order valence-corrected chi connectivity index (χ0v) is 16.0. The van der Waals surface area contributed by atoms with E-state index >= 15 is 0 Å². The molecule has 0 radical (unpaired) electrons. The number of nitrogens with zero attached hydrogens (tertiary/aromatic N) is 4. The average Bonchev–Trinajstić information content (AvgIpc) is 3.28. The van der Waals surface area contributed by atoms with Crippen molar-refractivity contribution in [2.24, 2.45) is 0 Å². The molecule has 2 aromatic heterocycles. The normalized spacial score (nSPS) is 12.6. The molecule has 1 atom stereocenters. The smallest absolute Gasteiger partial charge is 0.416 e. The van der Waals surface area contributed by atoms with Gasteiger partial charge in [0.1, 0.15) is 6.04 Å². The molecule has 158 valence electrons. The van der Waals surface area contributed by atoms with Crippen molar-refractivity contribution in [2.45, 2.75) is 32.6 Å². The fourth-order valence-corrected chi connectivity index (χ4v) is 2.72. The summed E-state index contributed by atoms with van der Waals surface area (Å²) in [6, 6.07) is 5.59. The Balaban J connectivity index is 1.72. The van der Waals surface area contributed by atoms with E-state index in [-0.39, 0.29) is 17.9 Å². The second kappa shape index (κ2) is 8.01. The summed E-state index contributed by atoms with van der Waals surface area (Å²) in [7, 11) is 0. The lowest BCUT2D eigenvalue weighted by atomic mass is 10.1. The molecule has 0 saturated carbocycles. The van der Waals surface area contributed by atoms with Crippen LogP contribution in [0.25, 0.3) is 0 Å². The molecule has 0 saturated heterocycles. The van der Waals surface area contributed by atoms with Gasteiger partial charge in [0.25, 0.3) is 5.91 Å². The number of aliphatic carboxylic acids is 1. The van der Waals surface area contributed by atoms with Gasteiger partial charge in [-0.2, -0.15) is 23.4 Å². The van der Waals surface area contributed by atoms with Crippen LogP contribution in [0.4, 0.5) is 19.0 Å². The molecule has 3 aromatic rings. The van der Waals surface area contributed by atoms with Gasteiger partial charge in [-0.25, -0.2) is 4.79 Å². The summed E-state index contributed by atoms with van der Waals surface area (Å²) in [6.07, 6.45) is -1.89. The van der Waals surface area contributed by atoms with Crippen molar-refractivity contribution in [3.05, 3.63) is 65.1 Å². The average molecular weight is 421 g/mol. The van der Waals surface area contributed by atoms with E-state index in [0.29, 0.717) is 11.3 Å². The molecule has 3 rings (SSSR count). The first-order chi connectivity index (χ1) is 14.0. The fraction of sp³-hybridized carbons (Fsp3) is 0.263. The summed E-state index contributed by atoms with van der Waals surface area (Å²) in [5, 5.41) is 19.6. The summed E-state index contributed by atoms with van der Waals surface area (Å²) < 4.78 is 41.3. The van der Waals surface area contributed by atoms with Gasteiger partial charge < -0.3 is 10.4 Å². The second-order valence-corrected chi connectivity index (χ2v) is 6.70. The number of hydrogen-bond acceptors (Lipinski definition) is 4. The number of rotatable bonds is 6. The summed E-state index contributed by atoms with van der Waals surface area (Å²) in [4.78, 5) is 23.4. The number of amides is 1. The number of anilines is 1. The summed E-state index contributed by atoms with van der Waals surface area (Å²) in [5.41, 5.74) is 0.454. The number of aryl methyl sites for hydroxylation is 1. The number of halogens is 3. The van der Waals surface area contributed by atoms with Crippen molar-refractivity contribution in [3.63, 3.8) is 0 Å². The number of alkyl halides is 3. The number of benzene rings is 1. The number of carbonyl (C=O) groups excluding carboxylic acids is 1. The maximum absolute atomic E-state index is 12.9. The third-order valence-corrected chi connectivity index (χ3v) is 4.43. The van der Waals surface area contributed by atoms with Gasteiger partial charge in [0.05, 0.1) is 23.9 Å². The van der Waals surface area contributed by atoms with Gasteiger partial charge in [-0.15, -0.1) is 0 Å². The Morgan fingerprint density at radius 3 is 2.67 bits per heavy atom. The number of aromatic nitrogens is 4. The molecule has 0 aliphatic rings. The van der Waals surface area contributed by atoms with Crippen LogP contribution in [0.2, 0.25) is 0 Å². The Kier molecular flexibility index (Phi) is 5.63. The van der Waals surface area contributed by atoms with E-state index in [1.165, 1.54) is 30.1 Å². The van der Waals surface area contributed by atoms with E-state index in [1.54, 1.807) is 19.1 Å². The number of nitrogens with one attached hydrogen (secondary N) is 1. The van der Waals surface area contributed by atoms with Crippen LogP contribution in [0, 0.1) is 6.92 Å². The van der Waals surface area contributed by atoms with Crippen molar-refractivity contribution in [2.75, 3.05) is 5.32 Å². The van der Waals surface area contributed by atoms with E-state index in [1.807, 2.05) is 0 Å². The Labute approximate surface area is 168 Å². The van der Waals surface area contributed by atoms with Crippen molar-refractivity contribution >= 4 is 17.7 Å². The van der Waals surface area contributed by atoms with Crippen molar-refractivity contribution in [1.82, 2.24) is 19.6 Å². The minimum Gasteiger partial charge on any atom is -0.480 e. The van der Waals surface area contributed by atoms with Gasteiger partial charge in [0, 0.05) is 18.0 Å². The highest BCUT2D eigenvalue weighted by molar-refractivity contribution is 6.03. The Morgan fingerprint density at radius 1 is 1.27 bits per heavy atom. The van der Waals surface area contributed by atoms with Crippen LogP contribution in [0.1, 0.15) is 40.1 Å². The second-order valence-electron chi connectivity index (χ2n) is 6.70. The van der Waals surface area contributed by atoms with Crippen LogP contribution in [0.15, 0.2) is 42.7 Å². The number of carboxylic acids is 1.